The molecule has 1 saturated carbocycles. The highest BCUT2D eigenvalue weighted by Gasteiger charge is 2.43. The van der Waals surface area contributed by atoms with Crippen LogP contribution in [-0.2, 0) is 18.8 Å². The quantitative estimate of drug-likeness (QED) is 0.412. The Hall–Kier alpha value is -2.84. The van der Waals surface area contributed by atoms with Crippen LogP contribution in [0.25, 0.3) is 10.9 Å². The second-order valence-electron chi connectivity index (χ2n) is 7.84. The van der Waals surface area contributed by atoms with Gasteiger partial charge in [-0.2, -0.15) is 26.3 Å². The van der Waals surface area contributed by atoms with Crippen molar-refractivity contribution in [3.63, 3.8) is 0 Å². The number of alkyl halides is 6. The molecule has 1 fully saturated rings. The molecule has 0 aliphatic heterocycles. The van der Waals surface area contributed by atoms with Crippen molar-refractivity contribution in [1.29, 1.82) is 0 Å². The molecule has 1 aliphatic carbocycles. The Bertz CT molecular complexity index is 1060. The van der Waals surface area contributed by atoms with E-state index in [0.29, 0.717) is 11.3 Å². The second-order valence-corrected chi connectivity index (χ2v) is 7.84. The molecule has 2 N–H and O–H groups in total. The number of halogens is 6. The number of H-pyrrole nitrogens is 1. The van der Waals surface area contributed by atoms with E-state index in [4.69, 9.17) is 4.74 Å². The molecule has 0 amide bonds. The molecule has 0 saturated heterocycles. The van der Waals surface area contributed by atoms with Gasteiger partial charge in [0.1, 0.15) is 22.6 Å². The molecular formula is C22H19F6NO2. The van der Waals surface area contributed by atoms with E-state index in [1.54, 1.807) is 6.07 Å². The van der Waals surface area contributed by atoms with Crippen molar-refractivity contribution in [2.75, 3.05) is 0 Å². The summed E-state index contributed by atoms with van der Waals surface area (Å²) in [6.07, 6.45) is -3.20. The lowest BCUT2D eigenvalue weighted by molar-refractivity contribution is -0.145. The minimum Gasteiger partial charge on any atom is -0.508 e. The molecule has 1 aliphatic rings. The SMILES string of the molecule is Oc1cc(C(F)(F)F)c(Oc2ccc3[nH]cc(CC4CCCC4)c3c2)c(C(F)(F)F)c1. The Morgan fingerprint density at radius 3 is 2.13 bits per heavy atom. The molecule has 0 bridgehead atoms. The second kappa shape index (κ2) is 7.69. The van der Waals surface area contributed by atoms with Crippen molar-refractivity contribution >= 4 is 10.9 Å². The summed E-state index contributed by atoms with van der Waals surface area (Å²) in [4.78, 5) is 3.08. The fourth-order valence-corrected chi connectivity index (χ4v) is 4.18. The predicted molar refractivity (Wildman–Crippen MR) is 102 cm³/mol. The topological polar surface area (TPSA) is 45.2 Å². The number of hydrogen-bond acceptors (Lipinski definition) is 2. The van der Waals surface area contributed by atoms with Gasteiger partial charge in [-0.25, -0.2) is 0 Å². The third-order valence-electron chi connectivity index (χ3n) is 5.63. The van der Waals surface area contributed by atoms with Crippen LogP contribution in [0.15, 0.2) is 36.5 Å². The summed E-state index contributed by atoms with van der Waals surface area (Å²) in [7, 11) is 0. The van der Waals surface area contributed by atoms with Gasteiger partial charge in [0.25, 0.3) is 0 Å². The van der Waals surface area contributed by atoms with E-state index in [-0.39, 0.29) is 17.9 Å². The van der Waals surface area contributed by atoms with E-state index in [1.807, 2.05) is 6.20 Å². The summed E-state index contributed by atoms with van der Waals surface area (Å²) in [6, 6.07) is 4.77. The molecule has 3 aromatic rings. The van der Waals surface area contributed by atoms with Gasteiger partial charge in [0, 0.05) is 17.1 Å². The lowest BCUT2D eigenvalue weighted by Gasteiger charge is -2.19. The molecule has 2 aromatic carbocycles. The monoisotopic (exact) mass is 443 g/mol. The fraction of sp³-hybridized carbons (Fsp3) is 0.364. The van der Waals surface area contributed by atoms with Crippen LogP contribution in [0.1, 0.15) is 42.4 Å². The number of nitrogens with one attached hydrogen (secondary N) is 1. The number of aromatic hydroxyl groups is 1. The number of benzene rings is 2. The zero-order valence-electron chi connectivity index (χ0n) is 16.2. The van der Waals surface area contributed by atoms with Crippen molar-refractivity contribution in [2.24, 2.45) is 5.92 Å². The maximum Gasteiger partial charge on any atom is 0.420 e. The number of aromatic amines is 1. The minimum absolute atomic E-state index is 0.151. The van der Waals surface area contributed by atoms with E-state index >= 15 is 0 Å². The first-order valence-electron chi connectivity index (χ1n) is 9.81. The molecule has 1 heterocycles. The number of fused-ring (bicyclic) bond motifs is 1. The highest BCUT2D eigenvalue weighted by atomic mass is 19.4. The summed E-state index contributed by atoms with van der Waals surface area (Å²) in [5, 5.41) is 10.1. The summed E-state index contributed by atoms with van der Waals surface area (Å²) < 4.78 is 85.8. The summed E-state index contributed by atoms with van der Waals surface area (Å²) in [6.45, 7) is 0. The standard InChI is InChI=1S/C22H19F6NO2/c23-21(24,25)17-8-14(30)9-18(22(26,27)28)20(17)31-15-5-6-19-16(10-15)13(11-29-19)7-12-3-1-2-4-12/h5-6,8-12,29-30H,1-4,7H2. The number of ether oxygens (including phenoxy) is 1. The largest absolute Gasteiger partial charge is 0.508 e. The summed E-state index contributed by atoms with van der Waals surface area (Å²) in [5.74, 6) is -2.17. The molecule has 3 nitrogen and oxygen atoms in total. The van der Waals surface area contributed by atoms with E-state index in [9.17, 15) is 31.4 Å². The first-order chi connectivity index (χ1) is 14.5. The van der Waals surface area contributed by atoms with Crippen molar-refractivity contribution < 1.29 is 36.2 Å². The maximum absolute atomic E-state index is 13.4. The van der Waals surface area contributed by atoms with Crippen molar-refractivity contribution in [3.05, 3.63) is 53.2 Å². The molecule has 1 aromatic heterocycles. The van der Waals surface area contributed by atoms with E-state index < -0.39 is 35.0 Å². The van der Waals surface area contributed by atoms with Gasteiger partial charge < -0.3 is 14.8 Å². The van der Waals surface area contributed by atoms with Crippen LogP contribution in [0.2, 0.25) is 0 Å². The zero-order chi connectivity index (χ0) is 22.4. The molecule has 0 radical (unpaired) electrons. The molecular weight excluding hydrogens is 424 g/mol. The predicted octanol–water partition coefficient (Wildman–Crippen LogP) is 7.44. The number of rotatable bonds is 4. The van der Waals surface area contributed by atoms with Gasteiger partial charge >= 0.3 is 12.4 Å². The van der Waals surface area contributed by atoms with E-state index in [0.717, 1.165) is 43.2 Å². The van der Waals surface area contributed by atoms with E-state index in [2.05, 4.69) is 4.98 Å². The minimum atomic E-state index is -5.15. The van der Waals surface area contributed by atoms with Crippen molar-refractivity contribution in [3.8, 4) is 17.2 Å². The Morgan fingerprint density at radius 2 is 1.55 bits per heavy atom. The van der Waals surface area contributed by atoms with Crippen LogP contribution in [0.5, 0.6) is 17.2 Å². The van der Waals surface area contributed by atoms with Gasteiger partial charge in [-0.15, -0.1) is 0 Å². The Labute approximate surface area is 173 Å². The molecule has 0 unspecified atom stereocenters. The third-order valence-corrected chi connectivity index (χ3v) is 5.63. The van der Waals surface area contributed by atoms with Crippen LogP contribution < -0.4 is 4.74 Å². The van der Waals surface area contributed by atoms with Gasteiger partial charge in [-0.3, -0.25) is 0 Å². The van der Waals surface area contributed by atoms with Crippen LogP contribution in [0.3, 0.4) is 0 Å². The molecule has 4 rings (SSSR count). The first kappa shape index (κ1) is 21.4. The van der Waals surface area contributed by atoms with Gasteiger partial charge in [-0.05, 0) is 48.2 Å². The van der Waals surface area contributed by atoms with Gasteiger partial charge in [-0.1, -0.05) is 25.7 Å². The van der Waals surface area contributed by atoms with Gasteiger partial charge in [0.05, 0.1) is 0 Å². The zero-order valence-corrected chi connectivity index (χ0v) is 16.2. The summed E-state index contributed by atoms with van der Waals surface area (Å²) in [5.41, 5.74) is -1.72. The van der Waals surface area contributed by atoms with Crippen LogP contribution in [0.4, 0.5) is 26.3 Å². The van der Waals surface area contributed by atoms with Crippen molar-refractivity contribution in [2.45, 2.75) is 44.5 Å². The molecule has 0 atom stereocenters. The van der Waals surface area contributed by atoms with Gasteiger partial charge in [0.2, 0.25) is 0 Å². The molecule has 31 heavy (non-hydrogen) atoms. The highest BCUT2D eigenvalue weighted by Crippen LogP contribution is 2.48. The highest BCUT2D eigenvalue weighted by molar-refractivity contribution is 5.84. The summed E-state index contributed by atoms with van der Waals surface area (Å²) >= 11 is 0. The molecule has 166 valence electrons. The number of phenols is 1. The average Bonchev–Trinajstić information content (AvgIpc) is 3.32. The average molecular weight is 443 g/mol. The van der Waals surface area contributed by atoms with Crippen LogP contribution in [-0.4, -0.2) is 10.1 Å². The molecule has 9 heteroatoms. The Kier molecular flexibility index (Phi) is 5.31. The van der Waals surface area contributed by atoms with E-state index in [1.165, 1.54) is 12.1 Å². The number of hydrogen-bond donors (Lipinski definition) is 2. The molecule has 0 spiro atoms. The fourth-order valence-electron chi connectivity index (χ4n) is 4.18. The third kappa shape index (κ3) is 4.45. The van der Waals surface area contributed by atoms with Crippen molar-refractivity contribution in [1.82, 2.24) is 4.98 Å². The lowest BCUT2D eigenvalue weighted by atomic mass is 9.97. The van der Waals surface area contributed by atoms with Crippen LogP contribution >= 0.6 is 0 Å². The first-order valence-corrected chi connectivity index (χ1v) is 9.81. The number of phenolic OH excluding ortho intramolecular Hbond substituents is 1. The Balaban J connectivity index is 1.76. The lowest BCUT2D eigenvalue weighted by Crippen LogP contribution is -2.14. The Morgan fingerprint density at radius 1 is 0.935 bits per heavy atom. The van der Waals surface area contributed by atoms with Crippen LogP contribution in [0, 0.1) is 5.92 Å². The normalized spacial score (nSPS) is 15.7. The maximum atomic E-state index is 13.4. The number of aromatic nitrogens is 1. The smallest absolute Gasteiger partial charge is 0.420 e. The van der Waals surface area contributed by atoms with Gasteiger partial charge in [0.15, 0.2) is 5.75 Å².